The van der Waals surface area contributed by atoms with E-state index in [2.05, 4.69) is 12.1 Å². The van der Waals surface area contributed by atoms with Crippen LogP contribution >= 0.6 is 0 Å². The molecule has 1 N–H and O–H groups in total. The molecule has 1 aliphatic rings. The monoisotopic (exact) mass is 178 g/mol. The summed E-state index contributed by atoms with van der Waals surface area (Å²) < 4.78 is 5.07. The fourth-order valence-electron chi connectivity index (χ4n) is 1.71. The molecular formula is C11H14O2. The molecule has 1 aromatic rings. The number of benzene rings is 1. The fraction of sp³-hybridized carbons (Fsp3) is 0.455. The highest BCUT2D eigenvalue weighted by Gasteiger charge is 2.37. The smallest absolute Gasteiger partial charge is 0.118 e. The predicted molar refractivity (Wildman–Crippen MR) is 50.9 cm³/mol. The quantitative estimate of drug-likeness (QED) is 0.764. The van der Waals surface area contributed by atoms with Crippen LogP contribution in [0.15, 0.2) is 24.3 Å². The maximum Gasteiger partial charge on any atom is 0.118 e. The summed E-state index contributed by atoms with van der Waals surface area (Å²) in [6, 6.07) is 8.11. The molecule has 2 heteroatoms. The molecule has 0 amide bonds. The molecule has 0 aliphatic heterocycles. The van der Waals surface area contributed by atoms with Crippen LogP contribution in [0.5, 0.6) is 5.75 Å². The third-order valence-electron chi connectivity index (χ3n) is 2.70. The van der Waals surface area contributed by atoms with Gasteiger partial charge in [-0.15, -0.1) is 0 Å². The Morgan fingerprint density at radius 2 is 2.08 bits per heavy atom. The molecule has 13 heavy (non-hydrogen) atoms. The number of hydrogen-bond acceptors (Lipinski definition) is 2. The molecule has 0 spiro atoms. The first kappa shape index (κ1) is 8.57. The van der Waals surface area contributed by atoms with Gasteiger partial charge in [-0.05, 0) is 36.0 Å². The van der Waals surface area contributed by atoms with Gasteiger partial charge in [-0.2, -0.15) is 0 Å². The zero-order chi connectivity index (χ0) is 9.26. The average Bonchev–Trinajstić information content (AvgIpc) is 2.97. The fourth-order valence-corrected chi connectivity index (χ4v) is 1.71. The SMILES string of the molecule is COc1ccc([C@@H]2C[C@H]2CO)cc1. The van der Waals surface area contributed by atoms with Gasteiger partial charge in [0.05, 0.1) is 7.11 Å². The van der Waals surface area contributed by atoms with Gasteiger partial charge in [-0.1, -0.05) is 12.1 Å². The molecule has 1 saturated carbocycles. The number of rotatable bonds is 3. The van der Waals surface area contributed by atoms with Crippen molar-refractivity contribution in [2.24, 2.45) is 5.92 Å². The van der Waals surface area contributed by atoms with E-state index in [4.69, 9.17) is 9.84 Å². The highest BCUT2D eigenvalue weighted by atomic mass is 16.5. The minimum absolute atomic E-state index is 0.316. The Morgan fingerprint density at radius 3 is 2.54 bits per heavy atom. The standard InChI is InChI=1S/C11H14O2/c1-13-10-4-2-8(3-5-10)11-6-9(11)7-12/h2-5,9,11-12H,6-7H2,1H3/t9-,11-/m0/s1. The van der Waals surface area contributed by atoms with Crippen LogP contribution in [0, 0.1) is 5.92 Å². The van der Waals surface area contributed by atoms with Gasteiger partial charge in [0, 0.05) is 6.61 Å². The van der Waals surface area contributed by atoms with Crippen molar-refractivity contribution in [2.75, 3.05) is 13.7 Å². The molecule has 0 aromatic heterocycles. The number of aliphatic hydroxyl groups excluding tert-OH is 1. The molecule has 1 aromatic carbocycles. The van der Waals surface area contributed by atoms with Crippen LogP contribution < -0.4 is 4.74 Å². The van der Waals surface area contributed by atoms with Crippen LogP contribution in [0.1, 0.15) is 17.9 Å². The average molecular weight is 178 g/mol. The molecule has 2 nitrogen and oxygen atoms in total. The second-order valence-electron chi connectivity index (χ2n) is 3.56. The minimum Gasteiger partial charge on any atom is -0.497 e. The highest BCUT2D eigenvalue weighted by Crippen LogP contribution is 2.47. The van der Waals surface area contributed by atoms with Gasteiger partial charge < -0.3 is 9.84 Å². The Kier molecular flexibility index (Phi) is 2.23. The van der Waals surface area contributed by atoms with Gasteiger partial charge in [0.1, 0.15) is 5.75 Å². The summed E-state index contributed by atoms with van der Waals surface area (Å²) in [4.78, 5) is 0. The Hall–Kier alpha value is -1.02. The van der Waals surface area contributed by atoms with Crippen molar-refractivity contribution >= 4 is 0 Å². The van der Waals surface area contributed by atoms with Crippen LogP contribution in [-0.4, -0.2) is 18.8 Å². The summed E-state index contributed by atoms with van der Waals surface area (Å²) in [5, 5.41) is 8.91. The van der Waals surface area contributed by atoms with Gasteiger partial charge in [-0.3, -0.25) is 0 Å². The van der Waals surface area contributed by atoms with Gasteiger partial charge in [-0.25, -0.2) is 0 Å². The van der Waals surface area contributed by atoms with Gasteiger partial charge in [0.25, 0.3) is 0 Å². The molecule has 0 saturated heterocycles. The van der Waals surface area contributed by atoms with Crippen LogP contribution in [-0.2, 0) is 0 Å². The molecule has 2 rings (SSSR count). The van der Waals surface area contributed by atoms with E-state index in [1.54, 1.807) is 7.11 Å². The summed E-state index contributed by atoms with van der Waals surface area (Å²) >= 11 is 0. The van der Waals surface area contributed by atoms with Crippen molar-refractivity contribution in [1.82, 2.24) is 0 Å². The van der Waals surface area contributed by atoms with Crippen LogP contribution in [0.2, 0.25) is 0 Å². The molecule has 1 aliphatic carbocycles. The lowest BCUT2D eigenvalue weighted by atomic mass is 10.1. The second-order valence-corrected chi connectivity index (χ2v) is 3.56. The van der Waals surface area contributed by atoms with E-state index in [0.29, 0.717) is 18.4 Å². The first-order chi connectivity index (χ1) is 6.35. The lowest BCUT2D eigenvalue weighted by Crippen LogP contribution is -1.89. The topological polar surface area (TPSA) is 29.5 Å². The molecule has 0 heterocycles. The van der Waals surface area contributed by atoms with Crippen molar-refractivity contribution in [3.63, 3.8) is 0 Å². The molecule has 70 valence electrons. The number of methoxy groups -OCH3 is 1. The molecule has 1 fully saturated rings. The number of aliphatic hydroxyl groups is 1. The third kappa shape index (κ3) is 1.68. The van der Waals surface area contributed by atoms with Crippen LogP contribution in [0.3, 0.4) is 0 Å². The summed E-state index contributed by atoms with van der Waals surface area (Å²) in [6.45, 7) is 0.316. The molecule has 0 radical (unpaired) electrons. The largest absolute Gasteiger partial charge is 0.497 e. The molecule has 0 bridgehead atoms. The van der Waals surface area contributed by atoms with Crippen molar-refractivity contribution in [1.29, 1.82) is 0 Å². The zero-order valence-corrected chi connectivity index (χ0v) is 7.73. The summed E-state index contributed by atoms with van der Waals surface area (Å²) in [6.07, 6.45) is 1.13. The predicted octanol–water partition coefficient (Wildman–Crippen LogP) is 1.79. The lowest BCUT2D eigenvalue weighted by Gasteiger charge is -2.01. The minimum atomic E-state index is 0.316. The maximum atomic E-state index is 8.91. The van der Waals surface area contributed by atoms with Crippen molar-refractivity contribution in [3.8, 4) is 5.75 Å². The summed E-state index contributed by atoms with van der Waals surface area (Å²) in [5.41, 5.74) is 1.32. The Morgan fingerprint density at radius 1 is 1.38 bits per heavy atom. The number of ether oxygens (including phenoxy) is 1. The van der Waals surface area contributed by atoms with Gasteiger partial charge in [0.2, 0.25) is 0 Å². The van der Waals surface area contributed by atoms with Crippen LogP contribution in [0.25, 0.3) is 0 Å². The normalized spacial score (nSPS) is 25.7. The van der Waals surface area contributed by atoms with E-state index in [1.807, 2.05) is 12.1 Å². The molecular weight excluding hydrogens is 164 g/mol. The highest BCUT2D eigenvalue weighted by molar-refractivity contribution is 5.32. The van der Waals surface area contributed by atoms with E-state index in [1.165, 1.54) is 5.56 Å². The maximum absolute atomic E-state index is 8.91. The van der Waals surface area contributed by atoms with E-state index < -0.39 is 0 Å². The van der Waals surface area contributed by atoms with Gasteiger partial charge >= 0.3 is 0 Å². The Balaban J connectivity index is 2.07. The van der Waals surface area contributed by atoms with Crippen molar-refractivity contribution < 1.29 is 9.84 Å². The Labute approximate surface area is 78.2 Å². The molecule has 2 atom stereocenters. The third-order valence-corrected chi connectivity index (χ3v) is 2.70. The van der Waals surface area contributed by atoms with Crippen molar-refractivity contribution in [3.05, 3.63) is 29.8 Å². The van der Waals surface area contributed by atoms with Crippen molar-refractivity contribution in [2.45, 2.75) is 12.3 Å². The second kappa shape index (κ2) is 3.38. The van der Waals surface area contributed by atoms with E-state index in [0.717, 1.165) is 12.2 Å². The summed E-state index contributed by atoms with van der Waals surface area (Å²) in [7, 11) is 1.67. The molecule has 0 unspecified atom stereocenters. The lowest BCUT2D eigenvalue weighted by molar-refractivity contribution is 0.274. The first-order valence-electron chi connectivity index (χ1n) is 4.60. The number of hydrogen-bond donors (Lipinski definition) is 1. The first-order valence-corrected chi connectivity index (χ1v) is 4.60. The zero-order valence-electron chi connectivity index (χ0n) is 7.73. The summed E-state index contributed by atoms with van der Waals surface area (Å²) in [5.74, 6) is 1.97. The van der Waals surface area contributed by atoms with E-state index in [-0.39, 0.29) is 0 Å². The Bertz CT molecular complexity index is 279. The van der Waals surface area contributed by atoms with E-state index in [9.17, 15) is 0 Å². The van der Waals surface area contributed by atoms with E-state index >= 15 is 0 Å². The van der Waals surface area contributed by atoms with Gasteiger partial charge in [0.15, 0.2) is 0 Å². The van der Waals surface area contributed by atoms with Crippen LogP contribution in [0.4, 0.5) is 0 Å².